The zero-order valence-corrected chi connectivity index (χ0v) is 7.44. The van der Waals surface area contributed by atoms with Crippen LogP contribution in [0, 0.1) is 0 Å². The summed E-state index contributed by atoms with van der Waals surface area (Å²) in [5.41, 5.74) is -0.355. The Labute approximate surface area is 66.7 Å². The highest BCUT2D eigenvalue weighted by Crippen LogP contribution is 2.13. The first kappa shape index (κ1) is 10.1. The molecule has 0 aromatic heterocycles. The lowest BCUT2D eigenvalue weighted by Crippen LogP contribution is -2.42. The topological polar surface area (TPSA) is 20.3 Å². The molecular formula is C8H14FNO. The number of halogens is 1. The molecular weight excluding hydrogens is 145 g/mol. The van der Waals surface area contributed by atoms with E-state index in [-0.39, 0.29) is 5.54 Å². The van der Waals surface area contributed by atoms with Gasteiger partial charge in [-0.05, 0) is 20.8 Å². The Hall–Kier alpha value is -0.860. The van der Waals surface area contributed by atoms with Crippen molar-refractivity contribution in [3.05, 3.63) is 12.4 Å². The van der Waals surface area contributed by atoms with Gasteiger partial charge in [-0.2, -0.15) is 0 Å². The molecule has 1 amide bonds. The molecule has 0 N–H and O–H groups in total. The summed E-state index contributed by atoms with van der Waals surface area (Å²) < 4.78 is 12.3. The van der Waals surface area contributed by atoms with Crippen LogP contribution in [0.25, 0.3) is 0 Å². The fraction of sp³-hybridized carbons (Fsp3) is 0.625. The van der Waals surface area contributed by atoms with E-state index in [2.05, 4.69) is 6.58 Å². The van der Waals surface area contributed by atoms with Crippen molar-refractivity contribution in [2.75, 3.05) is 7.05 Å². The molecule has 0 bridgehead atoms. The molecule has 0 aliphatic carbocycles. The highest BCUT2D eigenvalue weighted by molar-refractivity contribution is 5.90. The molecule has 0 heterocycles. The zero-order valence-electron chi connectivity index (χ0n) is 7.44. The van der Waals surface area contributed by atoms with Gasteiger partial charge < -0.3 is 4.90 Å². The predicted molar refractivity (Wildman–Crippen MR) is 42.8 cm³/mol. The molecule has 0 saturated heterocycles. The van der Waals surface area contributed by atoms with Crippen LogP contribution in [0.2, 0.25) is 0 Å². The minimum Gasteiger partial charge on any atom is -0.335 e. The van der Waals surface area contributed by atoms with E-state index in [9.17, 15) is 9.18 Å². The number of nitrogens with zero attached hydrogens (tertiary/aromatic N) is 1. The normalized spacial score (nSPS) is 11.0. The second kappa shape index (κ2) is 3.03. The number of hydrogen-bond acceptors (Lipinski definition) is 1. The van der Waals surface area contributed by atoms with Crippen molar-refractivity contribution in [1.29, 1.82) is 0 Å². The molecule has 0 unspecified atom stereocenters. The number of hydrogen-bond donors (Lipinski definition) is 0. The summed E-state index contributed by atoms with van der Waals surface area (Å²) in [7, 11) is 1.55. The van der Waals surface area contributed by atoms with Crippen LogP contribution in [-0.4, -0.2) is 23.4 Å². The number of rotatable bonds is 1. The minimum absolute atomic E-state index is 0.355. The average molecular weight is 159 g/mol. The molecule has 0 aliphatic heterocycles. The van der Waals surface area contributed by atoms with Gasteiger partial charge in [0, 0.05) is 12.6 Å². The van der Waals surface area contributed by atoms with Crippen LogP contribution >= 0.6 is 0 Å². The average Bonchev–Trinajstić information content (AvgIpc) is 1.82. The standard InChI is InChI=1S/C8H14FNO/c1-6(9)7(11)10(5)8(2,3)4/h1H2,2-5H3. The molecule has 0 saturated carbocycles. The maximum Gasteiger partial charge on any atom is 0.282 e. The van der Waals surface area contributed by atoms with Gasteiger partial charge in [-0.25, -0.2) is 4.39 Å². The first-order chi connectivity index (χ1) is 4.76. The molecule has 2 nitrogen and oxygen atoms in total. The molecule has 0 aromatic rings. The van der Waals surface area contributed by atoms with Crippen molar-refractivity contribution in [2.45, 2.75) is 26.3 Å². The maximum atomic E-state index is 12.3. The fourth-order valence-electron chi connectivity index (χ4n) is 0.487. The van der Waals surface area contributed by atoms with Crippen molar-refractivity contribution in [1.82, 2.24) is 4.90 Å². The summed E-state index contributed by atoms with van der Waals surface area (Å²) >= 11 is 0. The Morgan fingerprint density at radius 2 is 1.82 bits per heavy atom. The van der Waals surface area contributed by atoms with Crippen molar-refractivity contribution in [3.63, 3.8) is 0 Å². The zero-order chi connectivity index (χ0) is 9.23. The molecule has 0 fully saturated rings. The van der Waals surface area contributed by atoms with Gasteiger partial charge in [0.25, 0.3) is 5.91 Å². The molecule has 0 aliphatic rings. The first-order valence-corrected chi connectivity index (χ1v) is 3.39. The van der Waals surface area contributed by atoms with E-state index in [4.69, 9.17) is 0 Å². The number of carbonyl (C=O) groups excluding carboxylic acids is 1. The van der Waals surface area contributed by atoms with Crippen LogP contribution in [0.3, 0.4) is 0 Å². The van der Waals surface area contributed by atoms with E-state index in [1.807, 2.05) is 20.8 Å². The minimum atomic E-state index is -0.914. The Balaban J connectivity index is 4.38. The number of likely N-dealkylation sites (N-methyl/N-ethyl adjacent to an activating group) is 1. The Morgan fingerprint density at radius 3 is 1.91 bits per heavy atom. The number of carbonyl (C=O) groups is 1. The van der Waals surface area contributed by atoms with E-state index < -0.39 is 11.7 Å². The molecule has 64 valence electrons. The smallest absolute Gasteiger partial charge is 0.282 e. The van der Waals surface area contributed by atoms with E-state index in [0.717, 1.165) is 0 Å². The number of amides is 1. The highest BCUT2D eigenvalue weighted by atomic mass is 19.1. The highest BCUT2D eigenvalue weighted by Gasteiger charge is 2.23. The van der Waals surface area contributed by atoms with Gasteiger partial charge in [0.2, 0.25) is 0 Å². The second-order valence-electron chi connectivity index (χ2n) is 3.44. The van der Waals surface area contributed by atoms with Crippen molar-refractivity contribution < 1.29 is 9.18 Å². The van der Waals surface area contributed by atoms with Gasteiger partial charge in [-0.1, -0.05) is 6.58 Å². The fourth-order valence-corrected chi connectivity index (χ4v) is 0.487. The summed E-state index contributed by atoms with van der Waals surface area (Å²) in [5, 5.41) is 0. The van der Waals surface area contributed by atoms with Crippen LogP contribution in [0.1, 0.15) is 20.8 Å². The summed E-state index contributed by atoms with van der Waals surface area (Å²) in [6.45, 7) is 8.41. The van der Waals surface area contributed by atoms with Crippen LogP contribution in [0.15, 0.2) is 12.4 Å². The Morgan fingerprint density at radius 1 is 1.45 bits per heavy atom. The third-order valence-corrected chi connectivity index (χ3v) is 1.54. The predicted octanol–water partition coefficient (Wildman–Crippen LogP) is 1.73. The lowest BCUT2D eigenvalue weighted by atomic mass is 10.1. The van der Waals surface area contributed by atoms with Crippen molar-refractivity contribution in [3.8, 4) is 0 Å². The van der Waals surface area contributed by atoms with Gasteiger partial charge in [-0.15, -0.1) is 0 Å². The molecule has 0 rings (SSSR count). The van der Waals surface area contributed by atoms with E-state index in [0.29, 0.717) is 0 Å². The van der Waals surface area contributed by atoms with Crippen LogP contribution in [0.5, 0.6) is 0 Å². The molecule has 0 aromatic carbocycles. The lowest BCUT2D eigenvalue weighted by Gasteiger charge is -2.31. The lowest BCUT2D eigenvalue weighted by molar-refractivity contribution is -0.131. The van der Waals surface area contributed by atoms with E-state index >= 15 is 0 Å². The molecule has 0 radical (unpaired) electrons. The summed E-state index contributed by atoms with van der Waals surface area (Å²) in [6, 6.07) is 0. The Bertz CT molecular complexity index is 181. The first-order valence-electron chi connectivity index (χ1n) is 3.39. The van der Waals surface area contributed by atoms with Crippen LogP contribution < -0.4 is 0 Å². The SMILES string of the molecule is C=C(F)C(=O)N(C)C(C)(C)C. The third-order valence-electron chi connectivity index (χ3n) is 1.54. The quantitative estimate of drug-likeness (QED) is 0.533. The van der Waals surface area contributed by atoms with Crippen LogP contribution in [0.4, 0.5) is 4.39 Å². The maximum absolute atomic E-state index is 12.3. The van der Waals surface area contributed by atoms with Gasteiger partial charge in [-0.3, -0.25) is 4.79 Å². The monoisotopic (exact) mass is 159 g/mol. The van der Waals surface area contributed by atoms with E-state index in [1.54, 1.807) is 7.05 Å². The summed E-state index contributed by atoms with van der Waals surface area (Å²) in [5.74, 6) is -1.57. The van der Waals surface area contributed by atoms with Crippen LogP contribution in [-0.2, 0) is 4.79 Å². The summed E-state index contributed by atoms with van der Waals surface area (Å²) in [6.07, 6.45) is 0. The van der Waals surface area contributed by atoms with Gasteiger partial charge in [0.05, 0.1) is 0 Å². The largest absolute Gasteiger partial charge is 0.335 e. The third kappa shape index (κ3) is 2.70. The van der Waals surface area contributed by atoms with Crippen molar-refractivity contribution in [2.24, 2.45) is 0 Å². The summed E-state index contributed by atoms with van der Waals surface area (Å²) in [4.78, 5) is 12.3. The van der Waals surface area contributed by atoms with E-state index in [1.165, 1.54) is 4.90 Å². The van der Waals surface area contributed by atoms with Gasteiger partial charge >= 0.3 is 0 Å². The second-order valence-corrected chi connectivity index (χ2v) is 3.44. The molecule has 3 heteroatoms. The molecule has 0 spiro atoms. The van der Waals surface area contributed by atoms with Gasteiger partial charge in [0.1, 0.15) is 0 Å². The molecule has 0 atom stereocenters. The van der Waals surface area contributed by atoms with Crippen molar-refractivity contribution >= 4 is 5.91 Å². The Kier molecular flexibility index (Phi) is 2.79. The molecule has 11 heavy (non-hydrogen) atoms. The van der Waals surface area contributed by atoms with Gasteiger partial charge in [0.15, 0.2) is 5.83 Å².